The molecule has 0 heterocycles. The van der Waals surface area contributed by atoms with E-state index in [1.54, 1.807) is 0 Å². The fraction of sp³-hybridized carbons (Fsp3) is 0.333. The molecule has 0 aliphatic carbocycles. The largest absolute Gasteiger partial charge is 0.486 e. The third-order valence-electron chi connectivity index (χ3n) is 5.84. The van der Waals surface area contributed by atoms with Gasteiger partial charge < -0.3 is 9.84 Å². The van der Waals surface area contributed by atoms with Gasteiger partial charge in [-0.25, -0.2) is 10.0 Å². The summed E-state index contributed by atoms with van der Waals surface area (Å²) in [4.78, 5) is 0. The molecule has 34 heavy (non-hydrogen) atoms. The van der Waals surface area contributed by atoms with E-state index in [9.17, 15) is 18.3 Å². The second-order valence-corrected chi connectivity index (χ2v) is 8.31. The lowest BCUT2D eigenvalue weighted by Crippen LogP contribution is -2.39. The summed E-state index contributed by atoms with van der Waals surface area (Å²) in [5, 5.41) is 14.5. The second-order valence-electron chi connectivity index (χ2n) is 8.31. The second kappa shape index (κ2) is 12.0. The number of halogens is 3. The highest BCUT2D eigenvalue weighted by Crippen LogP contribution is 2.32. The van der Waals surface area contributed by atoms with Crippen LogP contribution in [-0.4, -0.2) is 42.3 Å². The van der Waals surface area contributed by atoms with Crippen LogP contribution in [0, 0.1) is 0 Å². The van der Waals surface area contributed by atoms with Crippen LogP contribution in [0.15, 0.2) is 84.9 Å². The fourth-order valence-electron chi connectivity index (χ4n) is 3.64. The smallest absolute Gasteiger partial charge is 0.416 e. The first kappa shape index (κ1) is 25.7. The summed E-state index contributed by atoms with van der Waals surface area (Å²) in [6.07, 6.45) is -4.00. The number of aliphatic hydroxyl groups is 1. The predicted molar refractivity (Wildman–Crippen MR) is 127 cm³/mol. The van der Waals surface area contributed by atoms with E-state index in [0.29, 0.717) is 31.7 Å². The minimum Gasteiger partial charge on any atom is -0.486 e. The van der Waals surface area contributed by atoms with Gasteiger partial charge in [0.25, 0.3) is 0 Å². The Balaban J connectivity index is 1.58. The van der Waals surface area contributed by atoms with Gasteiger partial charge >= 0.3 is 6.18 Å². The van der Waals surface area contributed by atoms with Crippen molar-refractivity contribution < 1.29 is 23.0 Å². The SMILES string of the molecule is CN(CC[C@@H](O)c1ccccc1)N(C)CC[C@@H](Oc1ccc(C(F)(F)F)cc1)c1ccccc1. The summed E-state index contributed by atoms with van der Waals surface area (Å²) in [7, 11) is 3.93. The standard InChI is InChI=1S/C27H31F3N2O2/c1-31(19-17-25(33)21-9-5-3-6-10-21)32(2)20-18-26(22-11-7-4-8-12-22)34-24-15-13-23(14-16-24)27(28,29)30/h3-16,25-26,33H,17-20H2,1-2H3/t25-,26-/m1/s1. The monoisotopic (exact) mass is 472 g/mol. The van der Waals surface area contributed by atoms with Crippen LogP contribution in [0.5, 0.6) is 5.75 Å². The predicted octanol–water partition coefficient (Wildman–Crippen LogP) is 6.12. The molecule has 0 amide bonds. The van der Waals surface area contributed by atoms with Gasteiger partial charge in [-0.15, -0.1) is 0 Å². The van der Waals surface area contributed by atoms with Gasteiger partial charge in [0.1, 0.15) is 11.9 Å². The molecule has 3 rings (SSSR count). The van der Waals surface area contributed by atoms with Crippen molar-refractivity contribution in [2.45, 2.75) is 31.2 Å². The van der Waals surface area contributed by atoms with Gasteiger partial charge in [-0.05, 0) is 41.8 Å². The third-order valence-corrected chi connectivity index (χ3v) is 5.84. The minimum atomic E-state index is -4.38. The summed E-state index contributed by atoms with van der Waals surface area (Å²) in [6.45, 7) is 1.33. The highest BCUT2D eigenvalue weighted by atomic mass is 19.4. The van der Waals surface area contributed by atoms with Crippen molar-refractivity contribution in [2.24, 2.45) is 0 Å². The van der Waals surface area contributed by atoms with Crippen molar-refractivity contribution in [1.82, 2.24) is 10.0 Å². The van der Waals surface area contributed by atoms with Crippen molar-refractivity contribution in [3.8, 4) is 5.75 Å². The van der Waals surface area contributed by atoms with Gasteiger partial charge in [0, 0.05) is 33.6 Å². The molecular formula is C27H31F3N2O2. The Hall–Kier alpha value is -2.87. The summed E-state index contributed by atoms with van der Waals surface area (Å²) in [6, 6.07) is 24.0. The highest BCUT2D eigenvalue weighted by Gasteiger charge is 2.30. The number of rotatable bonds is 11. The fourth-order valence-corrected chi connectivity index (χ4v) is 3.64. The molecule has 3 aromatic rings. The van der Waals surface area contributed by atoms with Crippen LogP contribution < -0.4 is 4.74 Å². The Labute approximate surface area is 199 Å². The molecule has 0 unspecified atom stereocenters. The van der Waals surface area contributed by atoms with E-state index in [-0.39, 0.29) is 6.10 Å². The molecule has 0 aliphatic heterocycles. The number of hydrogen-bond acceptors (Lipinski definition) is 4. The van der Waals surface area contributed by atoms with Crippen molar-refractivity contribution in [1.29, 1.82) is 0 Å². The third kappa shape index (κ3) is 7.58. The molecule has 0 saturated carbocycles. The molecule has 0 saturated heterocycles. The number of aliphatic hydroxyl groups excluding tert-OH is 1. The Morgan fingerprint density at radius 1 is 0.735 bits per heavy atom. The number of hydrogen-bond donors (Lipinski definition) is 1. The van der Waals surface area contributed by atoms with Crippen LogP contribution in [0.3, 0.4) is 0 Å². The number of benzene rings is 3. The number of alkyl halides is 3. The van der Waals surface area contributed by atoms with E-state index < -0.39 is 17.8 Å². The molecule has 0 aromatic heterocycles. The highest BCUT2D eigenvalue weighted by molar-refractivity contribution is 5.30. The van der Waals surface area contributed by atoms with E-state index in [2.05, 4.69) is 5.01 Å². The van der Waals surface area contributed by atoms with Crippen LogP contribution in [0.1, 0.15) is 41.7 Å². The zero-order chi connectivity index (χ0) is 24.6. The lowest BCUT2D eigenvalue weighted by atomic mass is 10.1. The molecule has 2 atom stereocenters. The Morgan fingerprint density at radius 2 is 1.24 bits per heavy atom. The molecule has 0 radical (unpaired) electrons. The maximum atomic E-state index is 12.9. The Bertz CT molecular complexity index is 982. The molecule has 4 nitrogen and oxygen atoms in total. The minimum absolute atomic E-state index is 0.316. The van der Waals surface area contributed by atoms with Crippen molar-refractivity contribution >= 4 is 0 Å². The normalized spacial score (nSPS) is 13.8. The van der Waals surface area contributed by atoms with Crippen LogP contribution in [0.25, 0.3) is 0 Å². The van der Waals surface area contributed by atoms with Crippen molar-refractivity contribution in [2.75, 3.05) is 27.2 Å². The average molecular weight is 473 g/mol. The first-order chi connectivity index (χ1) is 16.2. The van der Waals surface area contributed by atoms with E-state index >= 15 is 0 Å². The molecule has 0 fully saturated rings. The van der Waals surface area contributed by atoms with Crippen LogP contribution in [0.4, 0.5) is 13.2 Å². The molecular weight excluding hydrogens is 441 g/mol. The molecule has 0 spiro atoms. The summed E-state index contributed by atoms with van der Waals surface area (Å²) in [5.41, 5.74) is 1.15. The quantitative estimate of drug-likeness (QED) is 0.341. The first-order valence-electron chi connectivity index (χ1n) is 11.3. The van der Waals surface area contributed by atoms with Crippen LogP contribution in [0.2, 0.25) is 0 Å². The van der Waals surface area contributed by atoms with E-state index in [4.69, 9.17) is 4.74 Å². The molecule has 0 aliphatic rings. The lowest BCUT2D eigenvalue weighted by Gasteiger charge is -2.30. The van der Waals surface area contributed by atoms with Gasteiger partial charge in [-0.1, -0.05) is 60.7 Å². The van der Waals surface area contributed by atoms with E-state index in [1.165, 1.54) is 12.1 Å². The summed E-state index contributed by atoms with van der Waals surface area (Å²) >= 11 is 0. The van der Waals surface area contributed by atoms with Gasteiger partial charge in [-0.2, -0.15) is 13.2 Å². The maximum absolute atomic E-state index is 12.9. The summed E-state index contributed by atoms with van der Waals surface area (Å²) < 4.78 is 44.7. The maximum Gasteiger partial charge on any atom is 0.416 e. The molecule has 3 aromatic carbocycles. The van der Waals surface area contributed by atoms with Crippen LogP contribution >= 0.6 is 0 Å². The molecule has 0 bridgehead atoms. The average Bonchev–Trinajstić information content (AvgIpc) is 2.85. The van der Waals surface area contributed by atoms with Gasteiger partial charge in [-0.3, -0.25) is 0 Å². The lowest BCUT2D eigenvalue weighted by molar-refractivity contribution is -0.137. The number of nitrogens with zero attached hydrogens (tertiary/aromatic N) is 2. The van der Waals surface area contributed by atoms with Gasteiger partial charge in [0.2, 0.25) is 0 Å². The number of ether oxygens (including phenoxy) is 1. The Morgan fingerprint density at radius 3 is 1.76 bits per heavy atom. The van der Waals surface area contributed by atoms with Crippen LogP contribution in [-0.2, 0) is 6.18 Å². The van der Waals surface area contributed by atoms with Gasteiger partial charge in [0.05, 0.1) is 11.7 Å². The zero-order valence-electron chi connectivity index (χ0n) is 19.4. The van der Waals surface area contributed by atoms with Crippen molar-refractivity contribution in [3.63, 3.8) is 0 Å². The van der Waals surface area contributed by atoms with Gasteiger partial charge in [0.15, 0.2) is 0 Å². The topological polar surface area (TPSA) is 35.9 Å². The van der Waals surface area contributed by atoms with E-state index in [1.807, 2.05) is 79.8 Å². The zero-order valence-corrected chi connectivity index (χ0v) is 19.4. The number of hydrazine groups is 1. The molecule has 1 N–H and O–H groups in total. The first-order valence-corrected chi connectivity index (χ1v) is 11.3. The molecule has 182 valence electrons. The summed E-state index contributed by atoms with van der Waals surface area (Å²) in [5.74, 6) is 0.392. The molecule has 7 heteroatoms. The van der Waals surface area contributed by atoms with Crippen molar-refractivity contribution in [3.05, 3.63) is 102 Å². The Kier molecular flexibility index (Phi) is 9.10. The van der Waals surface area contributed by atoms with E-state index in [0.717, 1.165) is 23.3 Å².